The van der Waals surface area contributed by atoms with Gasteiger partial charge < -0.3 is 10.0 Å². The number of hydrogen-bond donors (Lipinski definition) is 1. The van der Waals surface area contributed by atoms with Gasteiger partial charge in [-0.1, -0.05) is 57.2 Å². The number of fused-ring (bicyclic) bond motifs is 3. The van der Waals surface area contributed by atoms with Crippen molar-refractivity contribution in [1.29, 1.82) is 0 Å². The third kappa shape index (κ3) is 2.32. The van der Waals surface area contributed by atoms with E-state index in [1.54, 1.807) is 0 Å². The van der Waals surface area contributed by atoms with E-state index < -0.39 is 5.60 Å². The minimum atomic E-state index is -0.872. The minimum Gasteiger partial charge on any atom is -0.377 e. The van der Waals surface area contributed by atoms with Crippen molar-refractivity contribution in [2.75, 3.05) is 18.0 Å². The molecule has 124 valence electrons. The predicted molar refractivity (Wildman–Crippen MR) is 95.0 cm³/mol. The number of anilines is 1. The molecule has 1 fully saturated rings. The van der Waals surface area contributed by atoms with Gasteiger partial charge in [0.05, 0.1) is 0 Å². The van der Waals surface area contributed by atoms with E-state index in [1.165, 1.54) is 37.8 Å². The molecular weight excluding hydrogens is 284 g/mol. The van der Waals surface area contributed by atoms with Gasteiger partial charge in [0, 0.05) is 29.8 Å². The second-order valence-electron chi connectivity index (χ2n) is 7.77. The number of amidine groups is 1. The van der Waals surface area contributed by atoms with Crippen molar-refractivity contribution in [3.63, 3.8) is 0 Å². The summed E-state index contributed by atoms with van der Waals surface area (Å²) in [6.07, 6.45) is 9.52. The summed E-state index contributed by atoms with van der Waals surface area (Å²) in [6, 6.07) is 8.39. The summed E-state index contributed by atoms with van der Waals surface area (Å²) in [4.78, 5) is 7.33. The van der Waals surface area contributed by atoms with Crippen LogP contribution in [0, 0.1) is 5.41 Å². The van der Waals surface area contributed by atoms with E-state index in [-0.39, 0.29) is 0 Å². The van der Waals surface area contributed by atoms with Crippen LogP contribution >= 0.6 is 0 Å². The molecule has 1 aromatic rings. The molecule has 1 saturated carbocycles. The van der Waals surface area contributed by atoms with Crippen molar-refractivity contribution in [3.8, 4) is 0 Å². The molecule has 1 unspecified atom stereocenters. The molecule has 3 nitrogen and oxygen atoms in total. The molecule has 0 bridgehead atoms. The first-order valence-electron chi connectivity index (χ1n) is 9.33. The third-order valence-corrected chi connectivity index (χ3v) is 6.13. The first-order valence-corrected chi connectivity index (χ1v) is 9.33. The van der Waals surface area contributed by atoms with Crippen LogP contribution in [0.3, 0.4) is 0 Å². The lowest BCUT2D eigenvalue weighted by molar-refractivity contribution is 0.0982. The Morgan fingerprint density at radius 2 is 1.96 bits per heavy atom. The van der Waals surface area contributed by atoms with Crippen LogP contribution in [0.15, 0.2) is 29.3 Å². The van der Waals surface area contributed by atoms with Crippen LogP contribution in [0.5, 0.6) is 0 Å². The zero-order valence-corrected chi connectivity index (χ0v) is 14.2. The normalized spacial score (nSPS) is 28.4. The van der Waals surface area contributed by atoms with Gasteiger partial charge >= 0.3 is 0 Å². The molecule has 0 amide bonds. The van der Waals surface area contributed by atoms with Gasteiger partial charge in [0.15, 0.2) is 0 Å². The topological polar surface area (TPSA) is 35.8 Å². The fourth-order valence-electron chi connectivity index (χ4n) is 4.82. The van der Waals surface area contributed by atoms with Gasteiger partial charge in [0.25, 0.3) is 0 Å². The summed E-state index contributed by atoms with van der Waals surface area (Å²) in [5, 5.41) is 11.5. The Hall–Kier alpha value is -1.35. The molecule has 2 heterocycles. The number of para-hydroxylation sites is 1. The molecule has 0 radical (unpaired) electrons. The zero-order valence-electron chi connectivity index (χ0n) is 14.2. The zero-order chi connectivity index (χ0) is 15.9. The minimum absolute atomic E-state index is 0.338. The second kappa shape index (κ2) is 5.62. The second-order valence-corrected chi connectivity index (χ2v) is 7.77. The summed E-state index contributed by atoms with van der Waals surface area (Å²) in [7, 11) is 0. The first kappa shape index (κ1) is 15.2. The van der Waals surface area contributed by atoms with Crippen molar-refractivity contribution in [3.05, 3.63) is 29.8 Å². The van der Waals surface area contributed by atoms with Gasteiger partial charge in [-0.15, -0.1) is 0 Å². The highest BCUT2D eigenvalue weighted by atomic mass is 16.3. The maximum absolute atomic E-state index is 11.5. The average Bonchev–Trinajstić information content (AvgIpc) is 2.83. The van der Waals surface area contributed by atoms with E-state index in [1.807, 2.05) is 6.07 Å². The highest BCUT2D eigenvalue weighted by molar-refractivity contribution is 6.10. The monoisotopic (exact) mass is 312 g/mol. The molecule has 3 aliphatic rings. The standard InChI is InChI=1S/C20H28N2O/c1-2-3-13-20(23)16-9-5-6-10-17(16)22-15-19(14-21-18(20)22)11-7-4-8-12-19/h5-6,9-10,23H,2-4,7-8,11-15H2,1H3. The van der Waals surface area contributed by atoms with E-state index in [0.29, 0.717) is 5.41 Å². The molecule has 23 heavy (non-hydrogen) atoms. The van der Waals surface area contributed by atoms with Crippen molar-refractivity contribution in [2.45, 2.75) is 63.9 Å². The van der Waals surface area contributed by atoms with Crippen LogP contribution in [0.2, 0.25) is 0 Å². The lowest BCUT2D eigenvalue weighted by Crippen LogP contribution is -2.51. The molecule has 1 atom stereocenters. The van der Waals surface area contributed by atoms with E-state index in [9.17, 15) is 5.11 Å². The lowest BCUT2D eigenvalue weighted by Gasteiger charge is -2.44. The number of benzene rings is 1. The van der Waals surface area contributed by atoms with Crippen LogP contribution < -0.4 is 4.90 Å². The maximum Gasteiger partial charge on any atom is 0.149 e. The van der Waals surface area contributed by atoms with E-state index >= 15 is 0 Å². The average molecular weight is 312 g/mol. The highest BCUT2D eigenvalue weighted by Crippen LogP contribution is 2.49. The van der Waals surface area contributed by atoms with E-state index in [0.717, 1.165) is 43.8 Å². The van der Waals surface area contributed by atoms with Gasteiger partial charge in [0.1, 0.15) is 11.4 Å². The van der Waals surface area contributed by atoms with Crippen molar-refractivity contribution < 1.29 is 5.11 Å². The van der Waals surface area contributed by atoms with Gasteiger partial charge in [-0.25, -0.2) is 0 Å². The molecule has 0 aromatic heterocycles. The SMILES string of the molecule is CCCCC1(O)C2=NCC3(CCCCC3)CN2c2ccccc21. The van der Waals surface area contributed by atoms with Gasteiger partial charge in [0.2, 0.25) is 0 Å². The van der Waals surface area contributed by atoms with Crippen LogP contribution in [0.25, 0.3) is 0 Å². The Bertz CT molecular complexity index is 618. The molecule has 3 heteroatoms. The molecule has 2 aliphatic heterocycles. The Morgan fingerprint density at radius 1 is 1.17 bits per heavy atom. The van der Waals surface area contributed by atoms with Crippen LogP contribution in [0.1, 0.15) is 63.9 Å². The molecule has 1 spiro atoms. The van der Waals surface area contributed by atoms with Crippen LogP contribution in [-0.2, 0) is 5.60 Å². The fraction of sp³-hybridized carbons (Fsp3) is 0.650. The van der Waals surface area contributed by atoms with Crippen molar-refractivity contribution in [1.82, 2.24) is 0 Å². The Balaban J connectivity index is 1.74. The van der Waals surface area contributed by atoms with Gasteiger partial charge in [-0.2, -0.15) is 0 Å². The lowest BCUT2D eigenvalue weighted by atomic mass is 9.73. The summed E-state index contributed by atoms with van der Waals surface area (Å²) in [5.41, 5.74) is 1.72. The number of rotatable bonds is 3. The number of nitrogens with zero attached hydrogens (tertiary/aromatic N) is 2. The number of aliphatic hydroxyl groups is 1. The van der Waals surface area contributed by atoms with Crippen molar-refractivity contribution in [2.24, 2.45) is 10.4 Å². The quantitative estimate of drug-likeness (QED) is 0.906. The molecule has 4 rings (SSSR count). The molecular formula is C20H28N2O. The molecule has 0 saturated heterocycles. The highest BCUT2D eigenvalue weighted by Gasteiger charge is 2.51. The Kier molecular flexibility index (Phi) is 3.72. The summed E-state index contributed by atoms with van der Waals surface area (Å²) in [5.74, 6) is 0.920. The molecule has 1 aliphatic carbocycles. The summed E-state index contributed by atoms with van der Waals surface area (Å²) >= 11 is 0. The Labute approximate surface area is 139 Å². The smallest absolute Gasteiger partial charge is 0.149 e. The largest absolute Gasteiger partial charge is 0.377 e. The maximum atomic E-state index is 11.5. The first-order chi connectivity index (χ1) is 11.2. The van der Waals surface area contributed by atoms with Crippen molar-refractivity contribution >= 4 is 11.5 Å². The Morgan fingerprint density at radius 3 is 2.74 bits per heavy atom. The van der Waals surface area contributed by atoms with Gasteiger partial charge in [-0.05, 0) is 25.3 Å². The number of unbranched alkanes of at least 4 members (excludes halogenated alkanes) is 1. The summed E-state index contributed by atoms with van der Waals surface area (Å²) < 4.78 is 0. The third-order valence-electron chi connectivity index (χ3n) is 6.13. The van der Waals surface area contributed by atoms with Crippen LogP contribution in [0.4, 0.5) is 5.69 Å². The molecule has 1 aromatic carbocycles. The summed E-state index contributed by atoms with van der Waals surface area (Å²) in [6.45, 7) is 4.13. The molecule has 1 N–H and O–H groups in total. The van der Waals surface area contributed by atoms with E-state index in [4.69, 9.17) is 4.99 Å². The number of aliphatic imine (C=N–C) groups is 1. The van der Waals surface area contributed by atoms with Gasteiger partial charge in [-0.3, -0.25) is 4.99 Å². The van der Waals surface area contributed by atoms with Crippen LogP contribution in [-0.4, -0.2) is 24.0 Å². The fourth-order valence-corrected chi connectivity index (χ4v) is 4.82. The predicted octanol–water partition coefficient (Wildman–Crippen LogP) is 4.25. The van der Waals surface area contributed by atoms with E-state index in [2.05, 4.69) is 30.0 Å². The number of hydrogen-bond acceptors (Lipinski definition) is 3.